The van der Waals surface area contributed by atoms with Gasteiger partial charge in [0.25, 0.3) is 0 Å². The Balaban J connectivity index is 3.21. The van der Waals surface area contributed by atoms with Crippen molar-refractivity contribution in [3.63, 3.8) is 0 Å². The Morgan fingerprint density at radius 2 is 1.82 bits per heavy atom. The third-order valence-corrected chi connectivity index (χ3v) is 2.23. The van der Waals surface area contributed by atoms with Crippen molar-refractivity contribution < 1.29 is 5.11 Å². The van der Waals surface area contributed by atoms with Gasteiger partial charge in [0.15, 0.2) is 0 Å². The van der Waals surface area contributed by atoms with Crippen molar-refractivity contribution >= 4 is 0 Å². The molecule has 0 saturated carbocycles. The monoisotopic (exact) mass is 158 g/mol. The summed E-state index contributed by atoms with van der Waals surface area (Å²) in [6.07, 6.45) is 4.90. The second-order valence-corrected chi connectivity index (χ2v) is 3.78. The molecule has 0 aliphatic heterocycles. The second kappa shape index (κ2) is 6.66. The van der Waals surface area contributed by atoms with Crippen LogP contribution < -0.4 is 0 Å². The normalized spacial score (nSPS) is 13.9. The summed E-state index contributed by atoms with van der Waals surface area (Å²) in [5.74, 6) is 1.36. The quantitative estimate of drug-likeness (QED) is 0.630. The Morgan fingerprint density at radius 1 is 1.18 bits per heavy atom. The predicted molar refractivity (Wildman–Crippen MR) is 49.6 cm³/mol. The van der Waals surface area contributed by atoms with Crippen molar-refractivity contribution in [2.75, 3.05) is 6.61 Å². The molecule has 0 rings (SSSR count). The van der Waals surface area contributed by atoms with Gasteiger partial charge in [-0.1, -0.05) is 40.0 Å². The molecule has 0 radical (unpaired) electrons. The van der Waals surface area contributed by atoms with Crippen LogP contribution in [0.3, 0.4) is 0 Å². The van der Waals surface area contributed by atoms with E-state index in [1.54, 1.807) is 0 Å². The molecule has 1 heteroatoms. The van der Waals surface area contributed by atoms with Crippen LogP contribution in [0.2, 0.25) is 0 Å². The lowest BCUT2D eigenvalue weighted by Gasteiger charge is -2.11. The van der Waals surface area contributed by atoms with E-state index < -0.39 is 0 Å². The molecule has 1 unspecified atom stereocenters. The van der Waals surface area contributed by atoms with E-state index in [9.17, 15) is 0 Å². The number of aliphatic hydroxyl groups excluding tert-OH is 1. The highest BCUT2D eigenvalue weighted by atomic mass is 16.3. The number of hydrogen-bond acceptors (Lipinski definition) is 1. The zero-order valence-electron chi connectivity index (χ0n) is 8.14. The van der Waals surface area contributed by atoms with Crippen LogP contribution >= 0.6 is 0 Å². The molecule has 68 valence electrons. The van der Waals surface area contributed by atoms with Crippen LogP contribution in [0, 0.1) is 11.8 Å². The molecular formula is C10H22O. The van der Waals surface area contributed by atoms with Crippen LogP contribution in [0.25, 0.3) is 0 Å². The van der Waals surface area contributed by atoms with E-state index in [1.807, 2.05) is 0 Å². The summed E-state index contributed by atoms with van der Waals surface area (Å²) in [4.78, 5) is 0. The minimum Gasteiger partial charge on any atom is -0.396 e. The van der Waals surface area contributed by atoms with Crippen LogP contribution in [0.5, 0.6) is 0 Å². The molecule has 0 aliphatic rings. The van der Waals surface area contributed by atoms with E-state index >= 15 is 0 Å². The largest absolute Gasteiger partial charge is 0.396 e. The van der Waals surface area contributed by atoms with E-state index in [-0.39, 0.29) is 0 Å². The molecular weight excluding hydrogens is 136 g/mol. The highest BCUT2D eigenvalue weighted by Crippen LogP contribution is 2.14. The minimum atomic E-state index is 0.370. The van der Waals surface area contributed by atoms with Gasteiger partial charge in [0.1, 0.15) is 0 Å². The zero-order valence-corrected chi connectivity index (χ0v) is 8.14. The maximum atomic E-state index is 8.89. The lowest BCUT2D eigenvalue weighted by Crippen LogP contribution is -2.04. The van der Waals surface area contributed by atoms with Crippen molar-refractivity contribution in [2.45, 2.75) is 46.5 Å². The van der Waals surface area contributed by atoms with Crippen molar-refractivity contribution in [1.29, 1.82) is 0 Å². The summed E-state index contributed by atoms with van der Waals surface area (Å²) in [7, 11) is 0. The summed E-state index contributed by atoms with van der Waals surface area (Å²) in [5.41, 5.74) is 0. The first-order valence-corrected chi connectivity index (χ1v) is 4.81. The second-order valence-electron chi connectivity index (χ2n) is 3.78. The van der Waals surface area contributed by atoms with Gasteiger partial charge in [-0.05, 0) is 18.3 Å². The van der Waals surface area contributed by atoms with E-state index in [0.29, 0.717) is 12.5 Å². The number of rotatable bonds is 6. The maximum Gasteiger partial charge on any atom is 0.0459 e. The predicted octanol–water partition coefficient (Wildman–Crippen LogP) is 2.83. The molecule has 0 aromatic carbocycles. The maximum absolute atomic E-state index is 8.89. The van der Waals surface area contributed by atoms with Crippen LogP contribution in [-0.2, 0) is 0 Å². The van der Waals surface area contributed by atoms with Crippen LogP contribution in [0.1, 0.15) is 46.5 Å². The summed E-state index contributed by atoms with van der Waals surface area (Å²) >= 11 is 0. The Labute approximate surface area is 70.8 Å². The Hall–Kier alpha value is -0.0400. The van der Waals surface area contributed by atoms with Gasteiger partial charge in [-0.25, -0.2) is 0 Å². The van der Waals surface area contributed by atoms with Gasteiger partial charge in [0.2, 0.25) is 0 Å². The molecule has 0 saturated heterocycles. The van der Waals surface area contributed by atoms with E-state index in [1.165, 1.54) is 19.3 Å². The molecule has 0 fully saturated rings. The first-order chi connectivity index (χ1) is 5.20. The fraction of sp³-hybridized carbons (Fsp3) is 1.00. The lowest BCUT2D eigenvalue weighted by molar-refractivity contribution is 0.210. The molecule has 1 nitrogen and oxygen atoms in total. The molecule has 0 amide bonds. The van der Waals surface area contributed by atoms with Gasteiger partial charge in [0, 0.05) is 6.61 Å². The Bertz CT molecular complexity index is 74.9. The van der Waals surface area contributed by atoms with Crippen LogP contribution in [0.4, 0.5) is 0 Å². The highest BCUT2D eigenvalue weighted by Gasteiger charge is 2.04. The topological polar surface area (TPSA) is 20.2 Å². The van der Waals surface area contributed by atoms with Crippen molar-refractivity contribution in [2.24, 2.45) is 11.8 Å². The molecule has 1 atom stereocenters. The first kappa shape index (κ1) is 11.0. The molecule has 11 heavy (non-hydrogen) atoms. The average Bonchev–Trinajstić information content (AvgIpc) is 1.98. The molecule has 0 aromatic heterocycles. The highest BCUT2D eigenvalue weighted by molar-refractivity contribution is 4.56. The third kappa shape index (κ3) is 6.36. The van der Waals surface area contributed by atoms with Crippen molar-refractivity contribution in [1.82, 2.24) is 0 Å². The van der Waals surface area contributed by atoms with Gasteiger partial charge in [-0.15, -0.1) is 0 Å². The van der Waals surface area contributed by atoms with E-state index in [0.717, 1.165) is 12.3 Å². The number of hydrogen-bond donors (Lipinski definition) is 1. The van der Waals surface area contributed by atoms with Gasteiger partial charge in [0.05, 0.1) is 0 Å². The molecule has 0 spiro atoms. The smallest absolute Gasteiger partial charge is 0.0459 e. The molecule has 0 aliphatic carbocycles. The molecule has 0 aromatic rings. The SMILES string of the molecule is CCC(CO)CCCC(C)C. The van der Waals surface area contributed by atoms with E-state index in [2.05, 4.69) is 20.8 Å². The van der Waals surface area contributed by atoms with E-state index in [4.69, 9.17) is 5.11 Å². The summed E-state index contributed by atoms with van der Waals surface area (Å²) < 4.78 is 0. The average molecular weight is 158 g/mol. The summed E-state index contributed by atoms with van der Waals surface area (Å²) in [5, 5.41) is 8.89. The first-order valence-electron chi connectivity index (χ1n) is 4.81. The summed E-state index contributed by atoms with van der Waals surface area (Å²) in [6.45, 7) is 7.02. The standard InChI is InChI=1S/C10H22O/c1-4-10(8-11)7-5-6-9(2)3/h9-11H,4-8H2,1-3H3. The van der Waals surface area contributed by atoms with Gasteiger partial charge < -0.3 is 5.11 Å². The fourth-order valence-corrected chi connectivity index (χ4v) is 1.24. The van der Waals surface area contributed by atoms with Crippen molar-refractivity contribution in [3.05, 3.63) is 0 Å². The van der Waals surface area contributed by atoms with Crippen molar-refractivity contribution in [3.8, 4) is 0 Å². The number of aliphatic hydroxyl groups is 1. The third-order valence-electron chi connectivity index (χ3n) is 2.23. The minimum absolute atomic E-state index is 0.370. The fourth-order valence-electron chi connectivity index (χ4n) is 1.24. The molecule has 1 N–H and O–H groups in total. The van der Waals surface area contributed by atoms with Crippen LogP contribution in [-0.4, -0.2) is 11.7 Å². The van der Waals surface area contributed by atoms with Gasteiger partial charge in [-0.3, -0.25) is 0 Å². The Morgan fingerprint density at radius 3 is 2.18 bits per heavy atom. The van der Waals surface area contributed by atoms with Gasteiger partial charge in [-0.2, -0.15) is 0 Å². The van der Waals surface area contributed by atoms with Crippen LogP contribution in [0.15, 0.2) is 0 Å². The Kier molecular flexibility index (Phi) is 6.63. The summed E-state index contributed by atoms with van der Waals surface area (Å²) in [6, 6.07) is 0. The molecule has 0 heterocycles. The zero-order chi connectivity index (χ0) is 8.69. The molecule has 0 bridgehead atoms. The lowest BCUT2D eigenvalue weighted by atomic mass is 9.97. The van der Waals surface area contributed by atoms with Gasteiger partial charge >= 0.3 is 0 Å².